The molecule has 1 heterocycles. The zero-order valence-corrected chi connectivity index (χ0v) is 11.9. The van der Waals surface area contributed by atoms with Gasteiger partial charge in [-0.05, 0) is 25.5 Å². The third kappa shape index (κ3) is 3.24. The first-order valence-corrected chi connectivity index (χ1v) is 6.15. The van der Waals surface area contributed by atoms with E-state index in [1.807, 2.05) is 28.8 Å². The van der Waals surface area contributed by atoms with Crippen LogP contribution >= 0.6 is 12.4 Å². The molecule has 0 saturated carbocycles. The number of anilines is 1. The molecule has 0 fully saturated rings. The van der Waals surface area contributed by atoms with Crippen LogP contribution in [0.2, 0.25) is 0 Å². The lowest BCUT2D eigenvalue weighted by atomic mass is 10.3. The van der Waals surface area contributed by atoms with Gasteiger partial charge in [-0.25, -0.2) is 4.98 Å². The number of carbonyl (C=O) groups is 1. The summed E-state index contributed by atoms with van der Waals surface area (Å²) in [5, 5.41) is 2.77. The van der Waals surface area contributed by atoms with Gasteiger partial charge in [-0.15, -0.1) is 12.4 Å². The molecule has 2 rings (SSSR count). The average Bonchev–Trinajstić information content (AvgIpc) is 2.68. The number of rotatable bonds is 4. The summed E-state index contributed by atoms with van der Waals surface area (Å²) in [6.07, 6.45) is 0.974. The zero-order chi connectivity index (χ0) is 13.1. The first-order chi connectivity index (χ1) is 8.63. The van der Waals surface area contributed by atoms with Crippen LogP contribution in [-0.2, 0) is 11.3 Å². The molecule has 1 aromatic heterocycles. The number of fused-ring (bicyclic) bond motifs is 1. The van der Waals surface area contributed by atoms with Crippen molar-refractivity contribution in [3.63, 3.8) is 0 Å². The maximum atomic E-state index is 11.7. The molecule has 1 aromatic carbocycles. The topological polar surface area (TPSA) is 72.9 Å². The molecular weight excluding hydrogens is 264 g/mol. The third-order valence-corrected chi connectivity index (χ3v) is 2.75. The molecule has 5 nitrogen and oxygen atoms in total. The molecule has 104 valence electrons. The number of halogens is 1. The minimum absolute atomic E-state index is 0. The molecule has 0 radical (unpaired) electrons. The Morgan fingerprint density at radius 3 is 2.79 bits per heavy atom. The predicted octanol–water partition coefficient (Wildman–Crippen LogP) is 2.15. The molecule has 19 heavy (non-hydrogen) atoms. The van der Waals surface area contributed by atoms with Crippen molar-refractivity contribution in [2.45, 2.75) is 32.9 Å². The van der Waals surface area contributed by atoms with Crippen LogP contribution < -0.4 is 11.1 Å². The van der Waals surface area contributed by atoms with Crippen LogP contribution in [0.4, 0.5) is 5.95 Å². The van der Waals surface area contributed by atoms with Crippen LogP contribution in [0.5, 0.6) is 0 Å². The van der Waals surface area contributed by atoms with Crippen molar-refractivity contribution in [1.29, 1.82) is 0 Å². The number of carbonyl (C=O) groups excluding carboxylic acids is 1. The van der Waals surface area contributed by atoms with Crippen LogP contribution in [-0.4, -0.2) is 21.5 Å². The van der Waals surface area contributed by atoms with E-state index in [9.17, 15) is 4.79 Å². The number of hydrogen-bond acceptors (Lipinski definition) is 3. The maximum Gasteiger partial charge on any atom is 0.243 e. The van der Waals surface area contributed by atoms with Gasteiger partial charge in [0.15, 0.2) is 0 Å². The normalized spacial score (nSPS) is 11.9. The van der Waals surface area contributed by atoms with Gasteiger partial charge in [0, 0.05) is 6.54 Å². The van der Waals surface area contributed by atoms with Gasteiger partial charge < -0.3 is 10.3 Å². The smallest absolute Gasteiger partial charge is 0.243 e. The fourth-order valence-corrected chi connectivity index (χ4v) is 1.84. The summed E-state index contributed by atoms with van der Waals surface area (Å²) >= 11 is 0. The molecule has 6 heteroatoms. The number of hydrogen-bond donors (Lipinski definition) is 2. The Hall–Kier alpha value is -1.59. The number of para-hydroxylation sites is 2. The highest BCUT2D eigenvalue weighted by molar-refractivity contribution is 5.94. The Bertz CT molecular complexity index is 565. The monoisotopic (exact) mass is 282 g/mol. The number of benzene rings is 1. The summed E-state index contributed by atoms with van der Waals surface area (Å²) < 4.78 is 2.01. The summed E-state index contributed by atoms with van der Waals surface area (Å²) in [5.74, 6) is 0.350. The molecule has 0 bridgehead atoms. The summed E-state index contributed by atoms with van der Waals surface area (Å²) in [4.78, 5) is 16.1. The van der Waals surface area contributed by atoms with Gasteiger partial charge in [-0.2, -0.15) is 0 Å². The standard InChI is InChI=1S/C13H18N4O.ClH/c1-3-8-17-11-7-5-4-6-10(11)15-13(17)16-12(18)9(2)14;/h4-7,9H,3,8,14H2,1-2H3,(H,15,16,18);1H. The van der Waals surface area contributed by atoms with E-state index in [1.165, 1.54) is 0 Å². The number of aromatic nitrogens is 2. The van der Waals surface area contributed by atoms with Crippen LogP contribution in [0, 0.1) is 0 Å². The summed E-state index contributed by atoms with van der Waals surface area (Å²) in [6.45, 7) is 4.56. The Balaban J connectivity index is 0.00000180. The largest absolute Gasteiger partial charge is 0.320 e. The van der Waals surface area contributed by atoms with Gasteiger partial charge in [0.05, 0.1) is 17.1 Å². The highest BCUT2D eigenvalue weighted by atomic mass is 35.5. The van der Waals surface area contributed by atoms with Crippen molar-refractivity contribution in [1.82, 2.24) is 9.55 Å². The summed E-state index contributed by atoms with van der Waals surface area (Å²) in [5.41, 5.74) is 7.46. The Kier molecular flexibility index (Phi) is 5.32. The number of nitrogens with one attached hydrogen (secondary N) is 1. The first kappa shape index (κ1) is 15.5. The van der Waals surface area contributed by atoms with Crippen molar-refractivity contribution in [2.75, 3.05) is 5.32 Å². The Morgan fingerprint density at radius 2 is 2.16 bits per heavy atom. The lowest BCUT2D eigenvalue weighted by Crippen LogP contribution is -2.33. The predicted molar refractivity (Wildman–Crippen MR) is 79.6 cm³/mol. The van der Waals surface area contributed by atoms with E-state index in [1.54, 1.807) is 6.92 Å². The second-order valence-electron chi connectivity index (χ2n) is 4.35. The van der Waals surface area contributed by atoms with E-state index < -0.39 is 6.04 Å². The molecule has 0 aliphatic heterocycles. The fourth-order valence-electron chi connectivity index (χ4n) is 1.84. The van der Waals surface area contributed by atoms with E-state index in [0.717, 1.165) is 24.0 Å². The van der Waals surface area contributed by atoms with Crippen LogP contribution in [0.25, 0.3) is 11.0 Å². The van der Waals surface area contributed by atoms with Crippen molar-refractivity contribution < 1.29 is 4.79 Å². The van der Waals surface area contributed by atoms with Gasteiger partial charge in [0.1, 0.15) is 0 Å². The maximum absolute atomic E-state index is 11.7. The molecule has 1 amide bonds. The lowest BCUT2D eigenvalue weighted by molar-refractivity contribution is -0.117. The Morgan fingerprint density at radius 1 is 1.47 bits per heavy atom. The minimum Gasteiger partial charge on any atom is -0.320 e. The molecule has 1 unspecified atom stereocenters. The molecule has 3 N–H and O–H groups in total. The molecule has 0 aliphatic rings. The Labute approximate surface area is 118 Å². The molecular formula is C13H19ClN4O. The van der Waals surface area contributed by atoms with Gasteiger partial charge in [-0.3, -0.25) is 10.1 Å². The summed E-state index contributed by atoms with van der Waals surface area (Å²) in [7, 11) is 0. The second kappa shape index (κ2) is 6.54. The van der Waals surface area contributed by atoms with E-state index in [4.69, 9.17) is 5.73 Å². The van der Waals surface area contributed by atoms with Crippen molar-refractivity contribution in [3.05, 3.63) is 24.3 Å². The summed E-state index contributed by atoms with van der Waals surface area (Å²) in [6, 6.07) is 7.29. The van der Waals surface area contributed by atoms with E-state index in [0.29, 0.717) is 5.95 Å². The van der Waals surface area contributed by atoms with E-state index >= 15 is 0 Å². The van der Waals surface area contributed by atoms with Gasteiger partial charge in [0.2, 0.25) is 11.9 Å². The highest BCUT2D eigenvalue weighted by Gasteiger charge is 2.14. The first-order valence-electron chi connectivity index (χ1n) is 6.15. The lowest BCUT2D eigenvalue weighted by Gasteiger charge is -2.10. The number of amides is 1. The van der Waals surface area contributed by atoms with E-state index in [2.05, 4.69) is 17.2 Å². The minimum atomic E-state index is -0.542. The van der Waals surface area contributed by atoms with E-state index in [-0.39, 0.29) is 18.3 Å². The molecule has 1 atom stereocenters. The van der Waals surface area contributed by atoms with Crippen LogP contribution in [0.3, 0.4) is 0 Å². The van der Waals surface area contributed by atoms with Crippen molar-refractivity contribution in [3.8, 4) is 0 Å². The third-order valence-electron chi connectivity index (χ3n) is 2.75. The zero-order valence-electron chi connectivity index (χ0n) is 11.1. The van der Waals surface area contributed by atoms with Crippen molar-refractivity contribution in [2.24, 2.45) is 5.73 Å². The highest BCUT2D eigenvalue weighted by Crippen LogP contribution is 2.19. The SMILES string of the molecule is CCCn1c(NC(=O)C(C)N)nc2ccccc21.Cl. The quantitative estimate of drug-likeness (QED) is 0.902. The molecule has 0 saturated heterocycles. The van der Waals surface area contributed by atoms with Crippen molar-refractivity contribution >= 4 is 35.3 Å². The van der Waals surface area contributed by atoms with Gasteiger partial charge in [0.25, 0.3) is 0 Å². The van der Waals surface area contributed by atoms with Gasteiger partial charge in [-0.1, -0.05) is 19.1 Å². The number of imidazole rings is 1. The molecule has 0 aliphatic carbocycles. The fraction of sp³-hybridized carbons (Fsp3) is 0.385. The number of nitrogens with zero attached hydrogens (tertiary/aromatic N) is 2. The molecule has 2 aromatic rings. The second-order valence-corrected chi connectivity index (χ2v) is 4.35. The average molecular weight is 283 g/mol. The van der Waals surface area contributed by atoms with Crippen LogP contribution in [0.1, 0.15) is 20.3 Å². The van der Waals surface area contributed by atoms with Crippen LogP contribution in [0.15, 0.2) is 24.3 Å². The van der Waals surface area contributed by atoms with Gasteiger partial charge >= 0.3 is 0 Å². The molecule has 0 spiro atoms. The number of aryl methyl sites for hydroxylation is 1. The number of nitrogens with two attached hydrogens (primary N) is 1.